The molecule has 4 heterocycles. The summed E-state index contributed by atoms with van der Waals surface area (Å²) in [7, 11) is 0. The Morgan fingerprint density at radius 2 is 2.06 bits per heavy atom. The van der Waals surface area contributed by atoms with Gasteiger partial charge >= 0.3 is 0 Å². The van der Waals surface area contributed by atoms with Crippen LogP contribution in [0.2, 0.25) is 5.02 Å². The lowest BCUT2D eigenvalue weighted by Gasteiger charge is -2.27. The maximum atomic E-state index is 14.3. The molecule has 35 heavy (non-hydrogen) atoms. The number of fused-ring (bicyclic) bond motifs is 1. The molecule has 1 aliphatic heterocycles. The molecule has 1 aliphatic rings. The van der Waals surface area contributed by atoms with E-state index in [0.717, 1.165) is 34.4 Å². The molecule has 4 aromatic rings. The van der Waals surface area contributed by atoms with E-state index in [2.05, 4.69) is 26.5 Å². The fourth-order valence-corrected chi connectivity index (χ4v) is 4.71. The van der Waals surface area contributed by atoms with Gasteiger partial charge in [-0.15, -0.1) is 0 Å². The van der Waals surface area contributed by atoms with E-state index in [9.17, 15) is 4.39 Å². The number of nitrogens with two attached hydrogens (primary N) is 1. The summed E-state index contributed by atoms with van der Waals surface area (Å²) in [6, 6.07) is 7.02. The Kier molecular flexibility index (Phi) is 6.06. The Labute approximate surface area is 207 Å². The zero-order valence-electron chi connectivity index (χ0n) is 19.7. The molecular formula is C26H25ClFN5O2. The quantitative estimate of drug-likeness (QED) is 0.346. The first-order chi connectivity index (χ1) is 16.8. The lowest BCUT2D eigenvalue weighted by Crippen LogP contribution is -2.18. The largest absolute Gasteiger partial charge is 0.484 e. The monoisotopic (exact) mass is 493 g/mol. The van der Waals surface area contributed by atoms with Gasteiger partial charge in [0.05, 0.1) is 27.7 Å². The van der Waals surface area contributed by atoms with E-state index in [1.807, 2.05) is 26.8 Å². The topological polar surface area (TPSA) is 99.1 Å². The lowest BCUT2D eigenvalue weighted by molar-refractivity contribution is 0.167. The molecule has 0 radical (unpaired) electrons. The van der Waals surface area contributed by atoms with E-state index < -0.39 is 6.10 Å². The van der Waals surface area contributed by atoms with Crippen molar-refractivity contribution in [1.29, 1.82) is 0 Å². The molecule has 5 rings (SSSR count). The van der Waals surface area contributed by atoms with Crippen molar-refractivity contribution in [2.75, 3.05) is 11.1 Å². The summed E-state index contributed by atoms with van der Waals surface area (Å²) in [5.74, 6) is 0.998. The van der Waals surface area contributed by atoms with Crippen LogP contribution in [-0.4, -0.2) is 15.1 Å². The molecule has 0 saturated carbocycles. The van der Waals surface area contributed by atoms with E-state index in [1.165, 1.54) is 6.07 Å². The number of aromatic nitrogens is 3. The van der Waals surface area contributed by atoms with Crippen molar-refractivity contribution in [2.24, 2.45) is 0 Å². The highest BCUT2D eigenvalue weighted by Gasteiger charge is 2.26. The summed E-state index contributed by atoms with van der Waals surface area (Å²) >= 11 is 6.48. The van der Waals surface area contributed by atoms with Crippen LogP contribution in [-0.2, 0) is 13.0 Å². The number of hydrogen-bond donors (Lipinski definition) is 2. The second-order valence-corrected chi connectivity index (χ2v) is 9.10. The third-order valence-corrected chi connectivity index (χ3v) is 6.67. The van der Waals surface area contributed by atoms with Gasteiger partial charge in [-0.2, -0.15) is 0 Å². The second kappa shape index (κ2) is 9.19. The van der Waals surface area contributed by atoms with Crippen LogP contribution in [0.5, 0.6) is 5.75 Å². The SMILES string of the molecule is Cc1cc2c(cc1NCc1c(Cl)cnc(-c3c(C)noc3C)c1N)OC(c1ncccc1F)CC2. The minimum absolute atomic E-state index is 0.330. The Balaban J connectivity index is 1.41. The fourth-order valence-electron chi connectivity index (χ4n) is 4.49. The molecule has 0 saturated heterocycles. The normalized spacial score (nSPS) is 14.9. The molecule has 7 nitrogen and oxygen atoms in total. The number of rotatable bonds is 5. The van der Waals surface area contributed by atoms with Crippen molar-refractivity contribution in [1.82, 2.24) is 15.1 Å². The van der Waals surface area contributed by atoms with Crippen molar-refractivity contribution in [2.45, 2.75) is 46.3 Å². The van der Waals surface area contributed by atoms with Crippen LogP contribution in [0.3, 0.4) is 0 Å². The Hall–Kier alpha value is -3.65. The van der Waals surface area contributed by atoms with Crippen LogP contribution in [0, 0.1) is 26.6 Å². The Morgan fingerprint density at radius 1 is 1.23 bits per heavy atom. The standard InChI is InChI=1S/C26H25ClFN5O2/c1-13-9-16-6-7-21(25-19(28)5-4-8-30-25)34-22(16)10-20(13)31-11-17-18(27)12-32-26(24(17)29)23-14(2)33-35-15(23)3/h4-5,8-10,12,21,31H,6-7,11,29H2,1-3H3. The number of halogens is 2. The van der Waals surface area contributed by atoms with Gasteiger partial charge in [0.15, 0.2) is 0 Å². The summed E-state index contributed by atoms with van der Waals surface area (Å²) in [6.45, 7) is 6.07. The number of nitrogens with zero attached hydrogens (tertiary/aromatic N) is 3. The van der Waals surface area contributed by atoms with Crippen LogP contribution in [0.15, 0.2) is 41.2 Å². The van der Waals surface area contributed by atoms with Crippen molar-refractivity contribution in [3.8, 4) is 17.0 Å². The van der Waals surface area contributed by atoms with Crippen molar-refractivity contribution in [3.05, 3.63) is 81.3 Å². The second-order valence-electron chi connectivity index (χ2n) is 8.69. The lowest BCUT2D eigenvalue weighted by atomic mass is 9.97. The molecule has 0 amide bonds. The Morgan fingerprint density at radius 3 is 2.80 bits per heavy atom. The van der Waals surface area contributed by atoms with Gasteiger partial charge < -0.3 is 20.3 Å². The van der Waals surface area contributed by atoms with Gasteiger partial charge in [0.25, 0.3) is 0 Å². The average Bonchev–Trinajstić information content (AvgIpc) is 3.17. The number of ether oxygens (including phenoxy) is 1. The smallest absolute Gasteiger partial charge is 0.148 e. The predicted molar refractivity (Wildman–Crippen MR) is 133 cm³/mol. The number of nitrogens with one attached hydrogen (secondary N) is 1. The molecule has 3 N–H and O–H groups in total. The average molecular weight is 494 g/mol. The highest BCUT2D eigenvalue weighted by Crippen LogP contribution is 2.39. The van der Waals surface area contributed by atoms with E-state index in [1.54, 1.807) is 18.5 Å². The van der Waals surface area contributed by atoms with Crippen LogP contribution in [0.25, 0.3) is 11.3 Å². The summed E-state index contributed by atoms with van der Waals surface area (Å²) < 4.78 is 25.7. The summed E-state index contributed by atoms with van der Waals surface area (Å²) in [4.78, 5) is 8.63. The van der Waals surface area contributed by atoms with Gasteiger partial charge in [0, 0.05) is 36.3 Å². The van der Waals surface area contributed by atoms with E-state index in [4.69, 9.17) is 26.6 Å². The first-order valence-corrected chi connectivity index (χ1v) is 11.7. The maximum absolute atomic E-state index is 14.3. The van der Waals surface area contributed by atoms with Crippen molar-refractivity contribution >= 4 is 23.0 Å². The van der Waals surface area contributed by atoms with Crippen LogP contribution in [0.1, 0.15) is 46.4 Å². The summed E-state index contributed by atoms with van der Waals surface area (Å²) in [5.41, 5.74) is 13.1. The minimum Gasteiger partial charge on any atom is -0.484 e. The molecule has 0 bridgehead atoms. The number of pyridine rings is 2. The zero-order chi connectivity index (χ0) is 24.7. The molecule has 1 aromatic carbocycles. The molecular weight excluding hydrogens is 469 g/mol. The number of hydrogen-bond acceptors (Lipinski definition) is 7. The number of nitrogen functional groups attached to an aromatic ring is 1. The molecule has 1 atom stereocenters. The van der Waals surface area contributed by atoms with Gasteiger partial charge in [-0.3, -0.25) is 9.97 Å². The molecule has 180 valence electrons. The molecule has 0 fully saturated rings. The van der Waals surface area contributed by atoms with Crippen LogP contribution >= 0.6 is 11.6 Å². The van der Waals surface area contributed by atoms with Crippen molar-refractivity contribution in [3.63, 3.8) is 0 Å². The molecule has 3 aromatic heterocycles. The van der Waals surface area contributed by atoms with Gasteiger partial charge in [-0.25, -0.2) is 4.39 Å². The highest BCUT2D eigenvalue weighted by atomic mass is 35.5. The highest BCUT2D eigenvalue weighted by molar-refractivity contribution is 6.31. The molecule has 9 heteroatoms. The van der Waals surface area contributed by atoms with E-state index in [-0.39, 0.29) is 5.82 Å². The third kappa shape index (κ3) is 4.30. The number of anilines is 2. The third-order valence-electron chi connectivity index (χ3n) is 6.35. The van der Waals surface area contributed by atoms with E-state index >= 15 is 0 Å². The minimum atomic E-state index is -0.429. The maximum Gasteiger partial charge on any atom is 0.148 e. The van der Waals surface area contributed by atoms with Crippen LogP contribution in [0.4, 0.5) is 15.8 Å². The zero-order valence-corrected chi connectivity index (χ0v) is 20.4. The van der Waals surface area contributed by atoms with Gasteiger partial charge in [-0.1, -0.05) is 22.8 Å². The number of aryl methyl sites for hydroxylation is 4. The summed E-state index contributed by atoms with van der Waals surface area (Å²) in [6.07, 6.45) is 4.19. The van der Waals surface area contributed by atoms with Gasteiger partial charge in [-0.05, 0) is 56.9 Å². The van der Waals surface area contributed by atoms with Crippen LogP contribution < -0.4 is 15.8 Å². The first kappa shape index (κ1) is 23.1. The summed E-state index contributed by atoms with van der Waals surface area (Å²) in [5, 5.41) is 7.89. The first-order valence-electron chi connectivity index (χ1n) is 11.3. The Bertz CT molecular complexity index is 1400. The van der Waals surface area contributed by atoms with Gasteiger partial charge in [0.2, 0.25) is 0 Å². The van der Waals surface area contributed by atoms with Gasteiger partial charge in [0.1, 0.15) is 29.1 Å². The molecule has 0 aliphatic carbocycles. The molecule has 0 spiro atoms. The fraction of sp³-hybridized carbons (Fsp3) is 0.269. The van der Waals surface area contributed by atoms with E-state index in [0.29, 0.717) is 52.3 Å². The van der Waals surface area contributed by atoms with Crippen molar-refractivity contribution < 1.29 is 13.7 Å². The number of benzene rings is 1. The molecule has 1 unspecified atom stereocenters. The predicted octanol–water partition coefficient (Wildman–Crippen LogP) is 6.11.